The second-order valence-electron chi connectivity index (χ2n) is 9.11. The molecular formula is C19H30N2O8. The first-order chi connectivity index (χ1) is 12.8. The van der Waals surface area contributed by atoms with Crippen LogP contribution in [0.1, 0.15) is 62.3 Å². The summed E-state index contributed by atoms with van der Waals surface area (Å²) in [5.41, 5.74) is -6.52. The Morgan fingerprint density at radius 1 is 0.690 bits per heavy atom. The molecule has 29 heavy (non-hydrogen) atoms. The van der Waals surface area contributed by atoms with E-state index in [2.05, 4.69) is 4.74 Å². The highest BCUT2D eigenvalue weighted by atomic mass is 16.6. The standard InChI is InChI=1S/C19H30N2O8/c1-16(2,3)27-13(23)19(11-20,12(22)26-10)21(14(24)28-17(4,5)6)15(25)29-18(7,8)9/h1-10H3. The summed E-state index contributed by atoms with van der Waals surface area (Å²) < 4.78 is 20.0. The summed E-state index contributed by atoms with van der Waals surface area (Å²) in [5.74, 6) is -3.00. The highest BCUT2D eigenvalue weighted by Gasteiger charge is 2.62. The Balaban J connectivity index is 6.74. The lowest BCUT2D eigenvalue weighted by atomic mass is 9.99. The van der Waals surface area contributed by atoms with E-state index in [4.69, 9.17) is 14.2 Å². The minimum Gasteiger partial charge on any atom is -0.466 e. The predicted molar refractivity (Wildman–Crippen MR) is 101 cm³/mol. The SMILES string of the molecule is COC(=O)C(C#N)(C(=O)OC(C)(C)C)N(C(=O)OC(C)(C)C)C(=O)OC(C)(C)C. The van der Waals surface area contributed by atoms with Gasteiger partial charge in [-0.1, -0.05) is 0 Å². The van der Waals surface area contributed by atoms with Gasteiger partial charge in [0.15, 0.2) is 0 Å². The van der Waals surface area contributed by atoms with Crippen LogP contribution in [0.15, 0.2) is 0 Å². The zero-order chi connectivity index (χ0) is 23.4. The van der Waals surface area contributed by atoms with Gasteiger partial charge in [-0.05, 0) is 62.3 Å². The smallest absolute Gasteiger partial charge is 0.422 e. The fourth-order valence-electron chi connectivity index (χ4n) is 1.87. The summed E-state index contributed by atoms with van der Waals surface area (Å²) in [6, 6.07) is 1.40. The van der Waals surface area contributed by atoms with Crippen molar-refractivity contribution in [3.63, 3.8) is 0 Å². The molecule has 0 aliphatic heterocycles. The molecule has 1 unspecified atom stereocenters. The summed E-state index contributed by atoms with van der Waals surface area (Å²) in [4.78, 5) is 51.1. The van der Waals surface area contributed by atoms with E-state index in [0.29, 0.717) is 0 Å². The molecule has 0 aliphatic rings. The van der Waals surface area contributed by atoms with Crippen molar-refractivity contribution in [2.75, 3.05) is 7.11 Å². The first-order valence-corrected chi connectivity index (χ1v) is 8.80. The Morgan fingerprint density at radius 3 is 1.28 bits per heavy atom. The third-order valence-electron chi connectivity index (χ3n) is 2.82. The van der Waals surface area contributed by atoms with Crippen LogP contribution in [0.5, 0.6) is 0 Å². The van der Waals surface area contributed by atoms with Gasteiger partial charge in [0.1, 0.15) is 22.9 Å². The average molecular weight is 414 g/mol. The van der Waals surface area contributed by atoms with Gasteiger partial charge >= 0.3 is 29.7 Å². The van der Waals surface area contributed by atoms with E-state index in [0.717, 1.165) is 7.11 Å². The molecular weight excluding hydrogens is 384 g/mol. The molecule has 0 spiro atoms. The van der Waals surface area contributed by atoms with Crippen LogP contribution in [-0.4, -0.2) is 58.5 Å². The van der Waals surface area contributed by atoms with Crippen molar-refractivity contribution in [1.82, 2.24) is 4.90 Å². The molecule has 10 nitrogen and oxygen atoms in total. The van der Waals surface area contributed by atoms with Crippen LogP contribution in [0.2, 0.25) is 0 Å². The number of nitriles is 1. The van der Waals surface area contributed by atoms with Gasteiger partial charge in [-0.15, -0.1) is 0 Å². The van der Waals surface area contributed by atoms with E-state index >= 15 is 0 Å². The number of esters is 2. The molecule has 0 aliphatic carbocycles. The van der Waals surface area contributed by atoms with Gasteiger partial charge in [-0.3, -0.25) is 0 Å². The van der Waals surface area contributed by atoms with Crippen molar-refractivity contribution in [1.29, 1.82) is 5.26 Å². The second kappa shape index (κ2) is 8.68. The topological polar surface area (TPSA) is 132 Å². The number of carbonyl (C=O) groups excluding carboxylic acids is 4. The maximum Gasteiger partial charge on any atom is 0.422 e. The van der Waals surface area contributed by atoms with Gasteiger partial charge in [0.2, 0.25) is 0 Å². The molecule has 0 rings (SSSR count). The van der Waals surface area contributed by atoms with Crippen molar-refractivity contribution in [2.24, 2.45) is 0 Å². The highest BCUT2D eigenvalue weighted by Crippen LogP contribution is 2.27. The number of imide groups is 1. The molecule has 1 atom stereocenters. The molecule has 164 valence electrons. The van der Waals surface area contributed by atoms with Gasteiger partial charge < -0.3 is 18.9 Å². The van der Waals surface area contributed by atoms with Gasteiger partial charge in [-0.2, -0.15) is 10.2 Å². The van der Waals surface area contributed by atoms with Gasteiger partial charge in [0, 0.05) is 0 Å². The molecule has 10 heteroatoms. The maximum atomic E-state index is 12.9. The van der Waals surface area contributed by atoms with Crippen LogP contribution in [0.25, 0.3) is 0 Å². The highest BCUT2D eigenvalue weighted by molar-refractivity contribution is 6.14. The van der Waals surface area contributed by atoms with Crippen molar-refractivity contribution in [3.8, 4) is 6.07 Å². The summed E-state index contributed by atoms with van der Waals surface area (Å²) in [6.45, 7) is 13.4. The van der Waals surface area contributed by atoms with Gasteiger partial charge in [0.05, 0.1) is 7.11 Å². The Kier molecular flexibility index (Phi) is 7.83. The van der Waals surface area contributed by atoms with Crippen LogP contribution in [0.3, 0.4) is 0 Å². The summed E-state index contributed by atoms with van der Waals surface area (Å²) in [5, 5.41) is 9.80. The number of carbonyl (C=O) groups is 4. The molecule has 0 bridgehead atoms. The lowest BCUT2D eigenvalue weighted by molar-refractivity contribution is -0.175. The monoisotopic (exact) mass is 414 g/mol. The fourth-order valence-corrected chi connectivity index (χ4v) is 1.87. The maximum absolute atomic E-state index is 12.9. The first-order valence-electron chi connectivity index (χ1n) is 8.80. The van der Waals surface area contributed by atoms with E-state index in [1.807, 2.05) is 0 Å². The number of rotatable bonds is 3. The number of hydrogen-bond acceptors (Lipinski definition) is 9. The fraction of sp³-hybridized carbons (Fsp3) is 0.737. The number of hydrogen-bond donors (Lipinski definition) is 0. The normalized spacial score (nSPS) is 14.0. The van der Waals surface area contributed by atoms with Crippen LogP contribution in [-0.2, 0) is 28.5 Å². The average Bonchev–Trinajstić information content (AvgIpc) is 2.45. The van der Waals surface area contributed by atoms with Gasteiger partial charge in [0.25, 0.3) is 0 Å². The van der Waals surface area contributed by atoms with Crippen LogP contribution >= 0.6 is 0 Å². The molecule has 0 heterocycles. The molecule has 0 N–H and O–H groups in total. The summed E-state index contributed by atoms with van der Waals surface area (Å²) in [7, 11) is 0.890. The molecule has 0 saturated carbocycles. The molecule has 2 amide bonds. The van der Waals surface area contributed by atoms with E-state index < -0.39 is 46.5 Å². The molecule has 0 aromatic rings. The molecule has 0 radical (unpaired) electrons. The van der Waals surface area contributed by atoms with E-state index in [1.54, 1.807) is 0 Å². The Hall–Kier alpha value is -2.83. The van der Waals surface area contributed by atoms with E-state index in [9.17, 15) is 24.4 Å². The van der Waals surface area contributed by atoms with E-state index in [1.165, 1.54) is 68.4 Å². The number of nitrogens with zero attached hydrogens (tertiary/aromatic N) is 2. The van der Waals surface area contributed by atoms with Crippen LogP contribution in [0.4, 0.5) is 9.59 Å². The Labute approximate surface area is 171 Å². The predicted octanol–water partition coefficient (Wildman–Crippen LogP) is 2.94. The zero-order valence-electron chi connectivity index (χ0n) is 18.7. The van der Waals surface area contributed by atoms with Crippen molar-refractivity contribution < 1.29 is 38.1 Å². The number of ether oxygens (including phenoxy) is 4. The van der Waals surface area contributed by atoms with Crippen molar-refractivity contribution in [2.45, 2.75) is 84.7 Å². The lowest BCUT2D eigenvalue weighted by Gasteiger charge is -2.36. The third-order valence-corrected chi connectivity index (χ3v) is 2.82. The molecule has 0 aromatic heterocycles. The molecule has 0 saturated heterocycles. The third kappa shape index (κ3) is 7.25. The largest absolute Gasteiger partial charge is 0.466 e. The summed E-state index contributed by atoms with van der Waals surface area (Å²) in [6.07, 6.45) is -2.91. The quantitative estimate of drug-likeness (QED) is 0.388. The van der Waals surface area contributed by atoms with Gasteiger partial charge in [-0.25, -0.2) is 19.2 Å². The number of amides is 2. The Morgan fingerprint density at radius 2 is 1.03 bits per heavy atom. The molecule has 0 fully saturated rings. The Bertz CT molecular complexity index is 676. The summed E-state index contributed by atoms with van der Waals surface area (Å²) >= 11 is 0. The van der Waals surface area contributed by atoms with E-state index in [-0.39, 0.29) is 4.90 Å². The zero-order valence-corrected chi connectivity index (χ0v) is 18.7. The molecule has 0 aromatic carbocycles. The second-order valence-corrected chi connectivity index (χ2v) is 9.11. The minimum atomic E-state index is -3.12. The minimum absolute atomic E-state index is 0.0105. The van der Waals surface area contributed by atoms with Crippen molar-refractivity contribution >= 4 is 24.1 Å². The number of methoxy groups -OCH3 is 1. The van der Waals surface area contributed by atoms with Crippen molar-refractivity contribution in [3.05, 3.63) is 0 Å². The lowest BCUT2D eigenvalue weighted by Crippen LogP contribution is -2.66. The first kappa shape index (κ1) is 26.2. The van der Waals surface area contributed by atoms with Crippen LogP contribution in [0, 0.1) is 11.3 Å². The van der Waals surface area contributed by atoms with Crippen LogP contribution < -0.4 is 0 Å².